The zero-order valence-electron chi connectivity index (χ0n) is 13.1. The SMILES string of the molecule is Cc1ccc(-c2csc(NN=C3CC(=O)c4ccccc43)n2)cc1. The molecule has 1 aromatic heterocycles. The number of Topliss-reactive ketones (excluding diaryl/α,β-unsaturated/α-hetero) is 1. The Kier molecular flexibility index (Phi) is 3.70. The summed E-state index contributed by atoms with van der Waals surface area (Å²) < 4.78 is 0. The molecule has 1 N–H and O–H groups in total. The fraction of sp³-hybridized carbons (Fsp3) is 0.105. The summed E-state index contributed by atoms with van der Waals surface area (Å²) in [5.41, 5.74) is 8.64. The standard InChI is InChI=1S/C19H15N3OS/c1-12-6-8-13(9-7-12)17-11-24-19(20-17)22-21-16-10-18(23)15-5-3-2-4-14(15)16/h2-9,11H,10H2,1H3,(H,20,22). The molecule has 0 saturated carbocycles. The summed E-state index contributed by atoms with van der Waals surface area (Å²) in [4.78, 5) is 16.5. The Balaban J connectivity index is 1.55. The predicted molar refractivity (Wildman–Crippen MR) is 97.8 cm³/mol. The first-order chi connectivity index (χ1) is 11.7. The van der Waals surface area contributed by atoms with Gasteiger partial charge in [-0.1, -0.05) is 54.1 Å². The van der Waals surface area contributed by atoms with Gasteiger partial charge in [0.2, 0.25) is 5.13 Å². The number of hydrazone groups is 1. The molecular weight excluding hydrogens is 318 g/mol. The summed E-state index contributed by atoms with van der Waals surface area (Å²) in [6.45, 7) is 2.06. The second kappa shape index (κ2) is 6.02. The lowest BCUT2D eigenvalue weighted by atomic mass is 10.1. The lowest BCUT2D eigenvalue weighted by Crippen LogP contribution is -2.00. The largest absolute Gasteiger partial charge is 0.294 e. The minimum absolute atomic E-state index is 0.116. The number of rotatable bonds is 3. The van der Waals surface area contributed by atoms with Crippen LogP contribution in [0.4, 0.5) is 5.13 Å². The Morgan fingerprint density at radius 3 is 2.62 bits per heavy atom. The molecule has 0 saturated heterocycles. The molecule has 0 atom stereocenters. The van der Waals surface area contributed by atoms with Crippen LogP contribution < -0.4 is 5.43 Å². The quantitative estimate of drug-likeness (QED) is 0.717. The number of ketones is 1. The smallest absolute Gasteiger partial charge is 0.203 e. The normalized spacial score (nSPS) is 14.9. The van der Waals surface area contributed by atoms with Gasteiger partial charge in [0, 0.05) is 22.1 Å². The number of anilines is 1. The zero-order chi connectivity index (χ0) is 16.5. The number of fused-ring (bicyclic) bond motifs is 1. The number of nitrogens with one attached hydrogen (secondary N) is 1. The van der Waals surface area contributed by atoms with Crippen molar-refractivity contribution in [3.05, 3.63) is 70.6 Å². The maximum absolute atomic E-state index is 12.0. The molecule has 3 aromatic rings. The fourth-order valence-corrected chi connectivity index (χ4v) is 3.38. The van der Waals surface area contributed by atoms with Crippen LogP contribution in [0.25, 0.3) is 11.3 Å². The molecule has 0 unspecified atom stereocenters. The van der Waals surface area contributed by atoms with Crippen LogP contribution in [-0.4, -0.2) is 16.5 Å². The molecule has 0 aliphatic heterocycles. The molecule has 1 aliphatic carbocycles. The van der Waals surface area contributed by atoms with E-state index in [2.05, 4.69) is 46.7 Å². The highest BCUT2D eigenvalue weighted by molar-refractivity contribution is 7.14. The number of nitrogens with zero attached hydrogens (tertiary/aromatic N) is 2. The monoisotopic (exact) mass is 333 g/mol. The van der Waals surface area contributed by atoms with Crippen LogP contribution >= 0.6 is 11.3 Å². The van der Waals surface area contributed by atoms with E-state index in [0.29, 0.717) is 6.42 Å². The van der Waals surface area contributed by atoms with E-state index in [0.717, 1.165) is 33.2 Å². The van der Waals surface area contributed by atoms with Crippen molar-refractivity contribution >= 4 is 28.0 Å². The highest BCUT2D eigenvalue weighted by Crippen LogP contribution is 2.26. The van der Waals surface area contributed by atoms with Crippen molar-refractivity contribution in [2.24, 2.45) is 5.10 Å². The number of thiazole rings is 1. The second-order valence-electron chi connectivity index (χ2n) is 5.72. The third kappa shape index (κ3) is 2.74. The van der Waals surface area contributed by atoms with Crippen LogP contribution in [0.15, 0.2) is 59.0 Å². The van der Waals surface area contributed by atoms with E-state index in [-0.39, 0.29) is 5.78 Å². The number of carbonyl (C=O) groups is 1. The molecule has 0 fully saturated rings. The van der Waals surface area contributed by atoms with Crippen molar-refractivity contribution in [3.63, 3.8) is 0 Å². The molecule has 0 spiro atoms. The summed E-state index contributed by atoms with van der Waals surface area (Å²) in [5, 5.41) is 7.12. The summed E-state index contributed by atoms with van der Waals surface area (Å²) in [6, 6.07) is 15.8. The summed E-state index contributed by atoms with van der Waals surface area (Å²) in [5.74, 6) is 0.116. The van der Waals surface area contributed by atoms with E-state index in [1.807, 2.05) is 29.6 Å². The predicted octanol–water partition coefficient (Wildman–Crippen LogP) is 4.52. The lowest BCUT2D eigenvalue weighted by Gasteiger charge is -2.00. The van der Waals surface area contributed by atoms with Crippen molar-refractivity contribution in [1.29, 1.82) is 0 Å². The van der Waals surface area contributed by atoms with Gasteiger partial charge in [0.15, 0.2) is 5.78 Å². The van der Waals surface area contributed by atoms with Crippen LogP contribution in [0, 0.1) is 6.92 Å². The molecule has 5 heteroatoms. The number of aryl methyl sites for hydroxylation is 1. The van der Waals surface area contributed by atoms with Crippen molar-refractivity contribution in [2.45, 2.75) is 13.3 Å². The Morgan fingerprint density at radius 1 is 1.08 bits per heavy atom. The first-order valence-electron chi connectivity index (χ1n) is 7.68. The molecule has 0 bridgehead atoms. The van der Waals surface area contributed by atoms with Gasteiger partial charge >= 0.3 is 0 Å². The van der Waals surface area contributed by atoms with E-state index in [9.17, 15) is 4.79 Å². The average Bonchev–Trinajstić information content (AvgIpc) is 3.19. The number of hydrogen-bond donors (Lipinski definition) is 1. The lowest BCUT2D eigenvalue weighted by molar-refractivity contribution is 0.101. The minimum atomic E-state index is 0.116. The van der Waals surface area contributed by atoms with Gasteiger partial charge in [-0.15, -0.1) is 11.3 Å². The van der Waals surface area contributed by atoms with Crippen molar-refractivity contribution in [3.8, 4) is 11.3 Å². The number of aromatic nitrogens is 1. The Hall–Kier alpha value is -2.79. The average molecular weight is 333 g/mol. The maximum atomic E-state index is 12.0. The molecule has 2 aromatic carbocycles. The third-order valence-corrected chi connectivity index (χ3v) is 4.75. The molecule has 4 nitrogen and oxygen atoms in total. The summed E-state index contributed by atoms with van der Waals surface area (Å²) in [6.07, 6.45) is 0.336. The van der Waals surface area contributed by atoms with Gasteiger partial charge in [-0.25, -0.2) is 4.98 Å². The minimum Gasteiger partial charge on any atom is -0.294 e. The zero-order valence-corrected chi connectivity index (χ0v) is 13.9. The first kappa shape index (κ1) is 14.8. The van der Waals surface area contributed by atoms with Crippen LogP contribution in [-0.2, 0) is 0 Å². The van der Waals surface area contributed by atoms with Gasteiger partial charge in [0.25, 0.3) is 0 Å². The first-order valence-corrected chi connectivity index (χ1v) is 8.56. The molecule has 1 heterocycles. The van der Waals surface area contributed by atoms with E-state index >= 15 is 0 Å². The van der Waals surface area contributed by atoms with Crippen LogP contribution in [0.2, 0.25) is 0 Å². The Morgan fingerprint density at radius 2 is 1.83 bits per heavy atom. The third-order valence-electron chi connectivity index (χ3n) is 4.00. The van der Waals surface area contributed by atoms with Gasteiger partial charge < -0.3 is 0 Å². The van der Waals surface area contributed by atoms with E-state index < -0.39 is 0 Å². The van der Waals surface area contributed by atoms with Crippen LogP contribution in [0.1, 0.15) is 27.9 Å². The Labute approximate surface area is 143 Å². The van der Waals surface area contributed by atoms with Crippen LogP contribution in [0.3, 0.4) is 0 Å². The highest BCUT2D eigenvalue weighted by atomic mass is 32.1. The molecule has 118 valence electrons. The van der Waals surface area contributed by atoms with Crippen molar-refractivity contribution < 1.29 is 4.79 Å². The van der Waals surface area contributed by atoms with Gasteiger partial charge in [0.1, 0.15) is 0 Å². The Bertz CT molecular complexity index is 941. The molecule has 4 rings (SSSR count). The van der Waals surface area contributed by atoms with Crippen molar-refractivity contribution in [2.75, 3.05) is 5.43 Å². The molecule has 1 aliphatic rings. The fourth-order valence-electron chi connectivity index (χ4n) is 2.72. The number of carbonyl (C=O) groups excluding carboxylic acids is 1. The molecule has 0 radical (unpaired) electrons. The molecular formula is C19H15N3OS. The number of hydrogen-bond acceptors (Lipinski definition) is 5. The topological polar surface area (TPSA) is 54.4 Å². The molecule has 24 heavy (non-hydrogen) atoms. The van der Waals surface area contributed by atoms with Gasteiger partial charge in [0.05, 0.1) is 17.8 Å². The van der Waals surface area contributed by atoms with Crippen molar-refractivity contribution in [1.82, 2.24) is 4.98 Å². The van der Waals surface area contributed by atoms with Gasteiger partial charge in [-0.3, -0.25) is 10.2 Å². The van der Waals surface area contributed by atoms with E-state index in [4.69, 9.17) is 0 Å². The molecule has 0 amide bonds. The van der Waals surface area contributed by atoms with E-state index in [1.54, 1.807) is 0 Å². The maximum Gasteiger partial charge on any atom is 0.203 e. The summed E-state index contributed by atoms with van der Waals surface area (Å²) >= 11 is 1.50. The van der Waals surface area contributed by atoms with Crippen LogP contribution in [0.5, 0.6) is 0 Å². The second-order valence-corrected chi connectivity index (χ2v) is 6.58. The summed E-state index contributed by atoms with van der Waals surface area (Å²) in [7, 11) is 0. The highest BCUT2D eigenvalue weighted by Gasteiger charge is 2.24. The number of benzene rings is 2. The van der Waals surface area contributed by atoms with Gasteiger partial charge in [-0.2, -0.15) is 5.10 Å². The van der Waals surface area contributed by atoms with E-state index in [1.165, 1.54) is 16.9 Å². The van der Waals surface area contributed by atoms with Gasteiger partial charge in [-0.05, 0) is 6.92 Å².